The first-order chi connectivity index (χ1) is 19.3. The molecule has 40 heavy (non-hydrogen) atoms. The molecule has 0 aliphatic carbocycles. The van der Waals surface area contributed by atoms with Crippen LogP contribution >= 0.6 is 0 Å². The Morgan fingerprint density at radius 1 is 0.800 bits per heavy atom. The number of amides is 4. The van der Waals surface area contributed by atoms with Gasteiger partial charge in [-0.05, 0) is 44.0 Å². The monoisotopic (exact) mass is 561 g/mol. The van der Waals surface area contributed by atoms with E-state index in [4.69, 9.17) is 4.74 Å². The highest BCUT2D eigenvalue weighted by atomic mass is 16.5. The molecule has 1 aromatic carbocycles. The van der Waals surface area contributed by atoms with Crippen LogP contribution in [0.15, 0.2) is 24.3 Å². The van der Waals surface area contributed by atoms with Gasteiger partial charge < -0.3 is 20.7 Å². The first-order valence-electron chi connectivity index (χ1n) is 14.9. The first-order valence-corrected chi connectivity index (χ1v) is 14.9. The summed E-state index contributed by atoms with van der Waals surface area (Å²) in [5.41, 5.74) is 3.04. The molecule has 0 radical (unpaired) electrons. The first kappa shape index (κ1) is 34.7. The second-order valence-electron chi connectivity index (χ2n) is 10.0. The molecule has 0 saturated carbocycles. The molecule has 4 N–H and O–H groups in total. The molecule has 0 aromatic heterocycles. The fourth-order valence-corrected chi connectivity index (χ4v) is 4.16. The normalized spacial score (nSPS) is 11.3. The summed E-state index contributed by atoms with van der Waals surface area (Å²) in [5, 5.41) is 9.66. The highest BCUT2D eigenvalue weighted by Gasteiger charge is 2.25. The van der Waals surface area contributed by atoms with Crippen LogP contribution in [0.2, 0.25) is 0 Å². The van der Waals surface area contributed by atoms with Crippen LogP contribution in [0.4, 0.5) is 5.69 Å². The van der Waals surface area contributed by atoms with Gasteiger partial charge >= 0.3 is 0 Å². The summed E-state index contributed by atoms with van der Waals surface area (Å²) in [5.74, 6) is -0.595. The van der Waals surface area contributed by atoms with Gasteiger partial charge in [0.25, 0.3) is 5.91 Å². The summed E-state index contributed by atoms with van der Waals surface area (Å²) in [6.45, 7) is 7.95. The maximum absolute atomic E-state index is 12.8. The topological polar surface area (TPSA) is 129 Å². The summed E-state index contributed by atoms with van der Waals surface area (Å²) in [7, 11) is 0. The van der Waals surface area contributed by atoms with Crippen LogP contribution in [0, 0.1) is 0 Å². The van der Waals surface area contributed by atoms with Crippen molar-refractivity contribution in [1.82, 2.24) is 21.1 Å². The molecule has 1 rings (SSSR count). The number of ether oxygens (including phenoxy) is 1. The zero-order valence-corrected chi connectivity index (χ0v) is 25.0. The van der Waals surface area contributed by atoms with Gasteiger partial charge in [-0.2, -0.15) is 0 Å². The average molecular weight is 562 g/mol. The highest BCUT2D eigenvalue weighted by Crippen LogP contribution is 2.17. The number of carbonyl (C=O) groups is 4. The van der Waals surface area contributed by atoms with Gasteiger partial charge in [0.15, 0.2) is 6.17 Å². The number of rotatable bonds is 21. The van der Waals surface area contributed by atoms with Crippen molar-refractivity contribution in [3.05, 3.63) is 24.3 Å². The molecule has 4 amide bonds. The maximum atomic E-state index is 12.8. The minimum Gasteiger partial charge on any atom is -0.494 e. The lowest BCUT2D eigenvalue weighted by Crippen LogP contribution is -2.56. The predicted octanol–water partition coefficient (Wildman–Crippen LogP) is 4.66. The number of hydrazine groups is 1. The molecule has 10 heteroatoms. The summed E-state index contributed by atoms with van der Waals surface area (Å²) in [4.78, 5) is 47.9. The SMILES string of the molecule is CCCCCCCCCCCCNC(=O)CCCOc1ccc(NC(NC(C)=O)C(=O)N(CC)NC(C)=O)cc1. The number of unbranched alkanes of at least 4 members (excludes halogenated alkanes) is 9. The van der Waals surface area contributed by atoms with Crippen LogP contribution in [0.3, 0.4) is 0 Å². The van der Waals surface area contributed by atoms with E-state index in [1.807, 2.05) is 0 Å². The Morgan fingerprint density at radius 3 is 1.95 bits per heavy atom. The fraction of sp³-hybridized carbons (Fsp3) is 0.667. The van der Waals surface area contributed by atoms with Crippen molar-refractivity contribution in [3.8, 4) is 5.75 Å². The zero-order chi connectivity index (χ0) is 29.6. The number of anilines is 1. The van der Waals surface area contributed by atoms with E-state index < -0.39 is 18.0 Å². The van der Waals surface area contributed by atoms with Crippen LogP contribution in [-0.4, -0.2) is 54.5 Å². The predicted molar refractivity (Wildman–Crippen MR) is 158 cm³/mol. The Balaban J connectivity index is 2.28. The molecular weight excluding hydrogens is 510 g/mol. The van der Waals surface area contributed by atoms with E-state index >= 15 is 0 Å². The smallest absolute Gasteiger partial charge is 0.284 e. The van der Waals surface area contributed by atoms with Gasteiger partial charge in [0.2, 0.25) is 17.7 Å². The fourth-order valence-electron chi connectivity index (χ4n) is 4.16. The van der Waals surface area contributed by atoms with Crippen LogP contribution < -0.4 is 26.1 Å². The summed E-state index contributed by atoms with van der Waals surface area (Å²) < 4.78 is 5.74. The van der Waals surface area contributed by atoms with E-state index in [2.05, 4.69) is 28.3 Å². The lowest BCUT2D eigenvalue weighted by molar-refractivity contribution is -0.142. The third-order valence-corrected chi connectivity index (χ3v) is 6.30. The van der Waals surface area contributed by atoms with E-state index in [-0.39, 0.29) is 18.4 Å². The number of benzene rings is 1. The lowest BCUT2D eigenvalue weighted by atomic mass is 10.1. The van der Waals surface area contributed by atoms with Gasteiger partial charge in [-0.15, -0.1) is 0 Å². The molecule has 1 aromatic rings. The van der Waals surface area contributed by atoms with Gasteiger partial charge in [0.05, 0.1) is 6.61 Å². The van der Waals surface area contributed by atoms with E-state index in [0.717, 1.165) is 24.4 Å². The number of nitrogens with zero attached hydrogens (tertiary/aromatic N) is 1. The second kappa shape index (κ2) is 21.5. The number of carbonyl (C=O) groups excluding carboxylic acids is 4. The van der Waals surface area contributed by atoms with Crippen molar-refractivity contribution in [2.45, 2.75) is 111 Å². The van der Waals surface area contributed by atoms with Gasteiger partial charge in [0, 0.05) is 39.0 Å². The second-order valence-corrected chi connectivity index (χ2v) is 10.0. The molecule has 10 nitrogen and oxygen atoms in total. The van der Waals surface area contributed by atoms with Crippen molar-refractivity contribution < 1.29 is 23.9 Å². The Labute approximate surface area is 240 Å². The van der Waals surface area contributed by atoms with Gasteiger partial charge in [-0.1, -0.05) is 64.7 Å². The molecule has 0 bridgehead atoms. The number of hydrogen-bond donors (Lipinski definition) is 4. The standard InChI is InChI=1S/C30H51N5O5/c1-5-7-8-9-10-11-12-13-14-15-22-31-28(38)17-16-23-40-27-20-18-26(19-21-27)33-29(32-24(3)36)30(39)35(6-2)34-25(4)37/h18-21,29,33H,5-17,22-23H2,1-4H3,(H,31,38)(H,32,36)(H,34,37). The van der Waals surface area contributed by atoms with Crippen molar-refractivity contribution in [2.24, 2.45) is 0 Å². The molecule has 0 aliphatic heterocycles. The van der Waals surface area contributed by atoms with E-state index in [0.29, 0.717) is 30.9 Å². The van der Waals surface area contributed by atoms with Crippen molar-refractivity contribution >= 4 is 29.3 Å². The van der Waals surface area contributed by atoms with E-state index in [1.54, 1.807) is 31.2 Å². The maximum Gasteiger partial charge on any atom is 0.284 e. The van der Waals surface area contributed by atoms with Crippen LogP contribution in [0.5, 0.6) is 5.75 Å². The Bertz CT molecular complexity index is 878. The summed E-state index contributed by atoms with van der Waals surface area (Å²) in [6.07, 6.45) is 12.7. The number of hydrogen-bond acceptors (Lipinski definition) is 6. The average Bonchev–Trinajstić information content (AvgIpc) is 2.92. The van der Waals surface area contributed by atoms with E-state index in [1.165, 1.54) is 65.2 Å². The molecule has 0 spiro atoms. The quantitative estimate of drug-likeness (QED) is 0.0982. The minimum absolute atomic E-state index is 0.0492. The van der Waals surface area contributed by atoms with Gasteiger partial charge in [0.1, 0.15) is 5.75 Å². The van der Waals surface area contributed by atoms with Crippen molar-refractivity contribution in [1.29, 1.82) is 0 Å². The summed E-state index contributed by atoms with van der Waals surface area (Å²) >= 11 is 0. The molecule has 1 unspecified atom stereocenters. The molecule has 0 saturated heterocycles. The largest absolute Gasteiger partial charge is 0.494 e. The minimum atomic E-state index is -1.06. The third kappa shape index (κ3) is 16.6. The third-order valence-electron chi connectivity index (χ3n) is 6.30. The molecule has 0 fully saturated rings. The number of likely N-dealkylation sites (N-methyl/N-ethyl adjacent to an activating group) is 1. The molecule has 1 atom stereocenters. The van der Waals surface area contributed by atoms with Gasteiger partial charge in [-0.3, -0.25) is 29.6 Å². The zero-order valence-electron chi connectivity index (χ0n) is 25.0. The highest BCUT2D eigenvalue weighted by molar-refractivity contribution is 5.90. The van der Waals surface area contributed by atoms with Crippen molar-refractivity contribution in [3.63, 3.8) is 0 Å². The molecule has 0 heterocycles. The summed E-state index contributed by atoms with van der Waals surface area (Å²) in [6, 6.07) is 6.94. The van der Waals surface area contributed by atoms with E-state index in [9.17, 15) is 19.2 Å². The van der Waals surface area contributed by atoms with Gasteiger partial charge in [-0.25, -0.2) is 0 Å². The van der Waals surface area contributed by atoms with Crippen LogP contribution in [0.1, 0.15) is 105 Å². The lowest BCUT2D eigenvalue weighted by Gasteiger charge is -2.27. The van der Waals surface area contributed by atoms with Crippen LogP contribution in [0.25, 0.3) is 0 Å². The Kier molecular flexibility index (Phi) is 18.7. The molecule has 0 aliphatic rings. The molecular formula is C30H51N5O5. The van der Waals surface area contributed by atoms with Crippen molar-refractivity contribution in [2.75, 3.05) is 25.0 Å². The van der Waals surface area contributed by atoms with Crippen LogP contribution in [-0.2, 0) is 19.2 Å². The Morgan fingerprint density at radius 2 is 1.40 bits per heavy atom. The Hall–Kier alpha value is -3.30. The molecule has 226 valence electrons. The number of nitrogens with one attached hydrogen (secondary N) is 4.